The quantitative estimate of drug-likeness (QED) is 0.722. The molecular weight excluding hydrogens is 307 g/mol. The van der Waals surface area contributed by atoms with E-state index in [-0.39, 0.29) is 11.7 Å². The van der Waals surface area contributed by atoms with Crippen molar-refractivity contribution in [2.75, 3.05) is 25.0 Å². The molecule has 7 nitrogen and oxygen atoms in total. The van der Waals surface area contributed by atoms with Gasteiger partial charge in [-0.1, -0.05) is 6.07 Å². The molecule has 0 unspecified atom stereocenters. The van der Waals surface area contributed by atoms with E-state index in [1.165, 1.54) is 25.0 Å². The number of carboxylic acid groups (broad SMARTS) is 2. The van der Waals surface area contributed by atoms with Gasteiger partial charge in [0.15, 0.2) is 0 Å². The molecule has 1 aromatic rings. The smallest absolute Gasteiger partial charge is 0.414 e. The number of hydrogen-bond donors (Lipinski definition) is 3. The molecule has 126 valence electrons. The summed E-state index contributed by atoms with van der Waals surface area (Å²) in [4.78, 5) is 32.1. The van der Waals surface area contributed by atoms with E-state index < -0.39 is 11.9 Å². The molecule has 1 amide bonds. The zero-order valence-corrected chi connectivity index (χ0v) is 12.5. The van der Waals surface area contributed by atoms with E-state index in [9.17, 15) is 9.18 Å². The second-order valence-corrected chi connectivity index (χ2v) is 4.97. The summed E-state index contributed by atoms with van der Waals surface area (Å²) in [7, 11) is 0. The number of rotatable bonds is 4. The lowest BCUT2D eigenvalue weighted by Gasteiger charge is -2.13. The molecule has 1 saturated heterocycles. The molecule has 1 aliphatic rings. The highest BCUT2D eigenvalue weighted by Gasteiger charge is 2.12. The van der Waals surface area contributed by atoms with Gasteiger partial charge in [-0.05, 0) is 44.1 Å². The summed E-state index contributed by atoms with van der Waals surface area (Å²) in [5.41, 5.74) is 0.524. The Kier molecular flexibility index (Phi) is 7.69. The number of nitrogens with zero attached hydrogens (tertiary/aromatic N) is 1. The normalized spacial score (nSPS) is 13.8. The average Bonchev–Trinajstić information content (AvgIpc) is 2.99. The van der Waals surface area contributed by atoms with E-state index in [1.54, 1.807) is 12.1 Å². The first kappa shape index (κ1) is 18.6. The summed E-state index contributed by atoms with van der Waals surface area (Å²) in [5.74, 6) is -4.03. The fourth-order valence-corrected chi connectivity index (χ4v) is 2.06. The number of benzene rings is 1. The van der Waals surface area contributed by atoms with Crippen LogP contribution < -0.4 is 5.32 Å². The number of carboxylic acids is 2. The standard InChI is InChI=1S/C13H17FN2O.C2H2O4/c14-11-4-3-5-12(10-11)15-13(17)6-9-16-7-1-2-8-16;3-1(4)2(5)6/h3-5,10H,1-2,6-9H2,(H,15,17);(H,3,4)(H,5,6). The molecule has 8 heteroatoms. The van der Waals surface area contributed by atoms with E-state index in [4.69, 9.17) is 19.8 Å². The first-order valence-electron chi connectivity index (χ1n) is 7.12. The maximum Gasteiger partial charge on any atom is 0.414 e. The molecule has 0 saturated carbocycles. The third kappa shape index (κ3) is 7.91. The van der Waals surface area contributed by atoms with Crippen LogP contribution in [0, 0.1) is 5.82 Å². The Morgan fingerprint density at radius 1 is 1.13 bits per heavy atom. The molecular formula is C15H19FN2O5. The zero-order chi connectivity index (χ0) is 17.2. The molecule has 0 aliphatic carbocycles. The second kappa shape index (κ2) is 9.52. The fourth-order valence-electron chi connectivity index (χ4n) is 2.06. The Labute approximate surface area is 132 Å². The summed E-state index contributed by atoms with van der Waals surface area (Å²) in [6.07, 6.45) is 2.92. The van der Waals surface area contributed by atoms with Gasteiger partial charge in [-0.3, -0.25) is 4.79 Å². The number of likely N-dealkylation sites (tertiary alicyclic amines) is 1. The summed E-state index contributed by atoms with van der Waals surface area (Å²) in [5, 5.41) is 17.5. The van der Waals surface area contributed by atoms with Gasteiger partial charge in [0.1, 0.15) is 5.82 Å². The number of anilines is 1. The number of amides is 1. The van der Waals surface area contributed by atoms with Gasteiger partial charge in [-0.25, -0.2) is 14.0 Å². The highest BCUT2D eigenvalue weighted by molar-refractivity contribution is 6.27. The van der Waals surface area contributed by atoms with Gasteiger partial charge in [0.25, 0.3) is 0 Å². The minimum absolute atomic E-state index is 0.0532. The van der Waals surface area contributed by atoms with Crippen molar-refractivity contribution in [3.63, 3.8) is 0 Å². The van der Waals surface area contributed by atoms with Crippen molar-refractivity contribution in [3.8, 4) is 0 Å². The van der Waals surface area contributed by atoms with E-state index in [0.29, 0.717) is 12.1 Å². The third-order valence-corrected chi connectivity index (χ3v) is 3.15. The van der Waals surface area contributed by atoms with Crippen molar-refractivity contribution < 1.29 is 29.0 Å². The minimum Gasteiger partial charge on any atom is -0.473 e. The van der Waals surface area contributed by atoms with Gasteiger partial charge < -0.3 is 20.4 Å². The van der Waals surface area contributed by atoms with Crippen LogP contribution in [0.1, 0.15) is 19.3 Å². The van der Waals surface area contributed by atoms with Crippen LogP contribution in [0.4, 0.5) is 10.1 Å². The van der Waals surface area contributed by atoms with Crippen LogP contribution in [0.5, 0.6) is 0 Å². The molecule has 1 aromatic carbocycles. The lowest BCUT2D eigenvalue weighted by molar-refractivity contribution is -0.159. The van der Waals surface area contributed by atoms with Crippen molar-refractivity contribution in [3.05, 3.63) is 30.1 Å². The van der Waals surface area contributed by atoms with Gasteiger partial charge >= 0.3 is 11.9 Å². The molecule has 0 atom stereocenters. The maximum absolute atomic E-state index is 12.9. The molecule has 2 rings (SSSR count). The van der Waals surface area contributed by atoms with Gasteiger partial charge in [0, 0.05) is 18.7 Å². The highest BCUT2D eigenvalue weighted by atomic mass is 19.1. The Bertz CT molecular complexity index is 547. The van der Waals surface area contributed by atoms with Gasteiger partial charge in [0.2, 0.25) is 5.91 Å². The third-order valence-electron chi connectivity index (χ3n) is 3.15. The van der Waals surface area contributed by atoms with Crippen molar-refractivity contribution in [2.24, 2.45) is 0 Å². The molecule has 0 radical (unpaired) electrons. The molecule has 0 aromatic heterocycles. The van der Waals surface area contributed by atoms with Crippen LogP contribution in [0.2, 0.25) is 0 Å². The number of carbonyl (C=O) groups is 3. The molecule has 0 bridgehead atoms. The van der Waals surface area contributed by atoms with Gasteiger partial charge in [-0.2, -0.15) is 0 Å². The number of hydrogen-bond acceptors (Lipinski definition) is 4. The predicted molar refractivity (Wildman–Crippen MR) is 80.6 cm³/mol. The minimum atomic E-state index is -1.82. The summed E-state index contributed by atoms with van der Waals surface area (Å²) >= 11 is 0. The Balaban J connectivity index is 0.000000379. The number of carbonyl (C=O) groups excluding carboxylic acids is 1. The van der Waals surface area contributed by atoms with Crippen LogP contribution in [0.15, 0.2) is 24.3 Å². The number of nitrogens with one attached hydrogen (secondary N) is 1. The van der Waals surface area contributed by atoms with Gasteiger partial charge in [-0.15, -0.1) is 0 Å². The number of aliphatic carboxylic acids is 2. The van der Waals surface area contributed by atoms with Crippen LogP contribution in [0.25, 0.3) is 0 Å². The highest BCUT2D eigenvalue weighted by Crippen LogP contribution is 2.11. The Hall–Kier alpha value is -2.48. The van der Waals surface area contributed by atoms with Crippen LogP contribution in [-0.2, 0) is 14.4 Å². The SMILES string of the molecule is O=C(CCN1CCCC1)Nc1cccc(F)c1.O=C(O)C(=O)O. The molecule has 1 fully saturated rings. The topological polar surface area (TPSA) is 107 Å². The zero-order valence-electron chi connectivity index (χ0n) is 12.5. The monoisotopic (exact) mass is 326 g/mol. The summed E-state index contributed by atoms with van der Waals surface area (Å²) in [6, 6.07) is 5.97. The van der Waals surface area contributed by atoms with E-state index in [0.717, 1.165) is 19.6 Å². The van der Waals surface area contributed by atoms with E-state index >= 15 is 0 Å². The van der Waals surface area contributed by atoms with Crippen molar-refractivity contribution >= 4 is 23.5 Å². The van der Waals surface area contributed by atoms with Crippen molar-refractivity contribution in [1.82, 2.24) is 4.90 Å². The molecule has 23 heavy (non-hydrogen) atoms. The maximum atomic E-state index is 12.9. The van der Waals surface area contributed by atoms with E-state index in [2.05, 4.69) is 10.2 Å². The van der Waals surface area contributed by atoms with E-state index in [1.807, 2.05) is 0 Å². The van der Waals surface area contributed by atoms with Crippen molar-refractivity contribution in [2.45, 2.75) is 19.3 Å². The largest absolute Gasteiger partial charge is 0.473 e. The van der Waals surface area contributed by atoms with Crippen molar-refractivity contribution in [1.29, 1.82) is 0 Å². The molecule has 0 spiro atoms. The summed E-state index contributed by atoms with van der Waals surface area (Å²) in [6.45, 7) is 2.97. The molecule has 1 heterocycles. The Morgan fingerprint density at radius 3 is 2.26 bits per heavy atom. The Morgan fingerprint density at radius 2 is 1.74 bits per heavy atom. The van der Waals surface area contributed by atoms with Gasteiger partial charge in [0.05, 0.1) is 0 Å². The lowest BCUT2D eigenvalue weighted by Crippen LogP contribution is -2.25. The van der Waals surface area contributed by atoms with Crippen LogP contribution in [0.3, 0.4) is 0 Å². The fraction of sp³-hybridized carbons (Fsp3) is 0.400. The van der Waals surface area contributed by atoms with Crippen LogP contribution in [-0.4, -0.2) is 52.6 Å². The first-order chi connectivity index (χ1) is 10.9. The molecule has 3 N–H and O–H groups in total. The summed E-state index contributed by atoms with van der Waals surface area (Å²) < 4.78 is 12.9. The van der Waals surface area contributed by atoms with Crippen LogP contribution >= 0.6 is 0 Å². The first-order valence-corrected chi connectivity index (χ1v) is 7.12. The second-order valence-electron chi connectivity index (χ2n) is 4.97. The average molecular weight is 326 g/mol. The molecule has 1 aliphatic heterocycles. The lowest BCUT2D eigenvalue weighted by atomic mass is 10.3. The number of halogens is 1. The predicted octanol–water partition coefficient (Wildman–Crippen LogP) is 1.41.